The van der Waals surface area contributed by atoms with Crippen LogP contribution in [-0.2, 0) is 9.59 Å². The van der Waals surface area contributed by atoms with E-state index in [-0.39, 0.29) is 11.8 Å². The molecule has 0 bridgehead atoms. The van der Waals surface area contributed by atoms with Gasteiger partial charge in [-0.1, -0.05) is 0 Å². The molecule has 20 heavy (non-hydrogen) atoms. The lowest BCUT2D eigenvalue weighted by atomic mass is 10.1. The fraction of sp³-hybridized carbons (Fsp3) is 0.692. The number of thiocarbonyl (C=S) groups is 1. The summed E-state index contributed by atoms with van der Waals surface area (Å²) in [4.78, 5) is 33.6. The van der Waals surface area contributed by atoms with Crippen molar-refractivity contribution in [1.29, 1.82) is 0 Å². The maximum atomic E-state index is 12.3. The molecule has 0 radical (unpaired) electrons. The van der Waals surface area contributed by atoms with E-state index in [9.17, 15) is 9.59 Å². The van der Waals surface area contributed by atoms with Gasteiger partial charge in [0.1, 0.15) is 0 Å². The summed E-state index contributed by atoms with van der Waals surface area (Å²) >= 11 is 5.18. The summed E-state index contributed by atoms with van der Waals surface area (Å²) in [6, 6.07) is 0. The zero-order valence-electron chi connectivity index (χ0n) is 12.5. The van der Waals surface area contributed by atoms with Crippen LogP contribution in [0.3, 0.4) is 0 Å². The molecule has 1 saturated heterocycles. The molecule has 1 aliphatic rings. The predicted octanol–water partition coefficient (Wildman–Crippen LogP) is 0.231. The summed E-state index contributed by atoms with van der Waals surface area (Å²) in [5.74, 6) is -1.40. The number of amides is 2. The molecule has 112 valence electrons. The van der Waals surface area contributed by atoms with Crippen molar-refractivity contribution in [1.82, 2.24) is 14.7 Å². The van der Waals surface area contributed by atoms with Crippen LogP contribution in [0.4, 0.5) is 0 Å². The van der Waals surface area contributed by atoms with Gasteiger partial charge in [0.25, 0.3) is 0 Å². The minimum absolute atomic E-state index is 0.277. The van der Waals surface area contributed by atoms with Crippen LogP contribution in [-0.4, -0.2) is 78.1 Å². The summed E-state index contributed by atoms with van der Waals surface area (Å²) in [5, 5.41) is 0.294. The lowest BCUT2D eigenvalue weighted by molar-refractivity contribution is -0.143. The van der Waals surface area contributed by atoms with Gasteiger partial charge >= 0.3 is 0 Å². The first-order chi connectivity index (χ1) is 9.43. The highest BCUT2D eigenvalue weighted by Crippen LogP contribution is 2.16. The number of hydrogen-bond acceptors (Lipinski definition) is 5. The SMILES string of the molecule is CCN1C(=O)C(C=NCCN(C)C)C(=O)N(CC)C1=S. The zero-order chi connectivity index (χ0) is 15.3. The molecule has 0 atom stereocenters. The molecule has 2 amide bonds. The summed E-state index contributed by atoms with van der Waals surface area (Å²) in [7, 11) is 3.89. The first-order valence-corrected chi connectivity index (χ1v) is 7.16. The van der Waals surface area contributed by atoms with E-state index in [2.05, 4.69) is 4.99 Å². The highest BCUT2D eigenvalue weighted by Gasteiger charge is 2.41. The van der Waals surface area contributed by atoms with Crippen LogP contribution in [0.1, 0.15) is 13.8 Å². The molecular weight excluding hydrogens is 276 g/mol. The van der Waals surface area contributed by atoms with E-state index in [1.54, 1.807) is 0 Å². The Morgan fingerprint density at radius 2 is 1.70 bits per heavy atom. The standard InChI is InChI=1S/C13H22N4O2S/c1-5-16-11(18)10(9-14-7-8-15(3)4)12(19)17(6-2)13(16)20/h9-10H,5-8H2,1-4H3. The molecule has 1 aliphatic heterocycles. The van der Waals surface area contributed by atoms with Gasteiger partial charge in [0.05, 0.1) is 6.54 Å². The van der Waals surface area contributed by atoms with Gasteiger partial charge in [0.2, 0.25) is 11.8 Å². The Morgan fingerprint density at radius 1 is 1.20 bits per heavy atom. The number of rotatable bonds is 6. The molecule has 7 heteroatoms. The molecule has 0 spiro atoms. The molecule has 0 aromatic rings. The average molecular weight is 298 g/mol. The minimum atomic E-state index is -0.844. The molecule has 1 rings (SSSR count). The van der Waals surface area contributed by atoms with Crippen molar-refractivity contribution in [2.45, 2.75) is 13.8 Å². The Hall–Kier alpha value is -1.34. The first kappa shape index (κ1) is 16.7. The summed E-state index contributed by atoms with van der Waals surface area (Å²) in [6.45, 7) is 5.95. The fourth-order valence-electron chi connectivity index (χ4n) is 1.92. The smallest absolute Gasteiger partial charge is 0.246 e. The Balaban J connectivity index is 2.84. The van der Waals surface area contributed by atoms with Gasteiger partial charge in [-0.25, -0.2) is 0 Å². The Morgan fingerprint density at radius 3 is 2.10 bits per heavy atom. The van der Waals surface area contributed by atoms with Crippen LogP contribution in [0.5, 0.6) is 0 Å². The van der Waals surface area contributed by atoms with Gasteiger partial charge in [0, 0.05) is 25.8 Å². The fourth-order valence-corrected chi connectivity index (χ4v) is 2.36. The average Bonchev–Trinajstić information content (AvgIpc) is 2.38. The quantitative estimate of drug-likeness (QED) is 0.400. The molecule has 0 N–H and O–H groups in total. The van der Waals surface area contributed by atoms with E-state index in [0.717, 1.165) is 6.54 Å². The molecule has 0 aromatic heterocycles. The topological polar surface area (TPSA) is 56.2 Å². The predicted molar refractivity (Wildman–Crippen MR) is 82.8 cm³/mol. The van der Waals surface area contributed by atoms with Crippen molar-refractivity contribution in [3.63, 3.8) is 0 Å². The van der Waals surface area contributed by atoms with Crippen molar-refractivity contribution in [2.75, 3.05) is 40.3 Å². The van der Waals surface area contributed by atoms with E-state index in [1.807, 2.05) is 32.8 Å². The van der Waals surface area contributed by atoms with Crippen molar-refractivity contribution in [3.05, 3.63) is 0 Å². The molecule has 1 heterocycles. The number of likely N-dealkylation sites (N-methyl/N-ethyl adjacent to an activating group) is 1. The largest absolute Gasteiger partial charge is 0.308 e. The van der Waals surface area contributed by atoms with E-state index >= 15 is 0 Å². The summed E-state index contributed by atoms with van der Waals surface area (Å²) in [5.41, 5.74) is 0. The van der Waals surface area contributed by atoms with Crippen LogP contribution < -0.4 is 0 Å². The van der Waals surface area contributed by atoms with Crippen LogP contribution >= 0.6 is 12.2 Å². The lowest BCUT2D eigenvalue weighted by Gasteiger charge is -2.37. The van der Waals surface area contributed by atoms with Gasteiger partial charge in [-0.2, -0.15) is 0 Å². The third-order valence-corrected chi connectivity index (χ3v) is 3.53. The molecule has 0 unspecified atom stereocenters. The Labute approximate surface area is 125 Å². The normalized spacial score (nSPS) is 17.9. The zero-order valence-corrected chi connectivity index (χ0v) is 13.3. The molecule has 6 nitrogen and oxygen atoms in total. The maximum Gasteiger partial charge on any atom is 0.246 e. The van der Waals surface area contributed by atoms with Crippen molar-refractivity contribution in [3.8, 4) is 0 Å². The summed E-state index contributed by atoms with van der Waals surface area (Å²) < 4.78 is 0. The van der Waals surface area contributed by atoms with E-state index in [4.69, 9.17) is 12.2 Å². The molecule has 0 aliphatic carbocycles. The van der Waals surface area contributed by atoms with Crippen LogP contribution in [0.2, 0.25) is 0 Å². The molecule has 1 fully saturated rings. The number of carbonyl (C=O) groups excluding carboxylic acids is 2. The van der Waals surface area contributed by atoms with Crippen molar-refractivity contribution >= 4 is 35.4 Å². The lowest BCUT2D eigenvalue weighted by Crippen LogP contribution is -2.59. The van der Waals surface area contributed by atoms with E-state index < -0.39 is 5.92 Å². The van der Waals surface area contributed by atoms with Crippen LogP contribution in [0.15, 0.2) is 4.99 Å². The van der Waals surface area contributed by atoms with Gasteiger partial charge in [-0.3, -0.25) is 24.4 Å². The minimum Gasteiger partial charge on any atom is -0.308 e. The molecular formula is C13H22N4O2S. The second-order valence-electron chi connectivity index (χ2n) is 4.78. The third-order valence-electron chi connectivity index (χ3n) is 3.09. The Bertz CT molecular complexity index is 397. The van der Waals surface area contributed by atoms with E-state index in [0.29, 0.717) is 24.7 Å². The van der Waals surface area contributed by atoms with Crippen molar-refractivity contribution in [2.24, 2.45) is 10.9 Å². The number of hydrogen-bond donors (Lipinski definition) is 0. The number of nitrogens with zero attached hydrogens (tertiary/aromatic N) is 4. The van der Waals surface area contributed by atoms with Gasteiger partial charge in [-0.15, -0.1) is 0 Å². The monoisotopic (exact) mass is 298 g/mol. The second kappa shape index (κ2) is 7.44. The van der Waals surface area contributed by atoms with Crippen LogP contribution in [0, 0.1) is 5.92 Å². The molecule has 0 aromatic carbocycles. The highest BCUT2D eigenvalue weighted by atomic mass is 32.1. The van der Waals surface area contributed by atoms with Gasteiger partial charge in [0.15, 0.2) is 11.0 Å². The number of aliphatic imine (C=N–C) groups is 1. The maximum absolute atomic E-state index is 12.3. The summed E-state index contributed by atoms with van der Waals surface area (Å²) in [6.07, 6.45) is 1.46. The van der Waals surface area contributed by atoms with Crippen molar-refractivity contribution < 1.29 is 9.59 Å². The molecule has 0 saturated carbocycles. The third kappa shape index (κ3) is 3.61. The first-order valence-electron chi connectivity index (χ1n) is 6.75. The van der Waals surface area contributed by atoms with Gasteiger partial charge in [-0.05, 0) is 40.2 Å². The highest BCUT2D eigenvalue weighted by molar-refractivity contribution is 7.80. The Kier molecular flexibility index (Phi) is 6.22. The number of carbonyl (C=O) groups is 2. The second-order valence-corrected chi connectivity index (χ2v) is 5.15. The van der Waals surface area contributed by atoms with Gasteiger partial charge < -0.3 is 4.90 Å². The van der Waals surface area contributed by atoms with Crippen LogP contribution in [0.25, 0.3) is 0 Å². The van der Waals surface area contributed by atoms with E-state index in [1.165, 1.54) is 16.0 Å².